The Hall–Kier alpha value is -3.92. The molecular weight excluding hydrogens is 482 g/mol. The van der Waals surface area contributed by atoms with Gasteiger partial charge in [-0.3, -0.25) is 14.5 Å². The van der Waals surface area contributed by atoms with Crippen LogP contribution in [0.3, 0.4) is 0 Å². The molecule has 38 heavy (non-hydrogen) atoms. The summed E-state index contributed by atoms with van der Waals surface area (Å²) in [4.78, 5) is 15.4. The maximum atomic E-state index is 13.1. The van der Waals surface area contributed by atoms with Crippen LogP contribution in [0.15, 0.2) is 36.4 Å². The summed E-state index contributed by atoms with van der Waals surface area (Å²) in [7, 11) is 0. The molecule has 2 aromatic carbocycles. The Morgan fingerprint density at radius 1 is 1.05 bits per heavy atom. The van der Waals surface area contributed by atoms with Crippen LogP contribution in [-0.4, -0.2) is 67.3 Å². The van der Waals surface area contributed by atoms with Crippen molar-refractivity contribution in [3.05, 3.63) is 47.9 Å². The number of aromatic amines is 1. The standard InChI is InChI=1S/C28H35N7O3/c1-15(2)25-21-11-22(24(36)12-23(21)30-31-25)26-32-33-27(28(37)29-16(3)4)35(26)20-9-7-19(8-10-20)34-13-17(5)38-18(6)14-34/h7-12,15-18,36H,13-14H2,1-6H3,(H,29,37)(H,30,31). The third kappa shape index (κ3) is 4.83. The topological polar surface area (TPSA) is 121 Å². The Morgan fingerprint density at radius 2 is 1.71 bits per heavy atom. The third-order valence-electron chi connectivity index (χ3n) is 6.70. The zero-order valence-corrected chi connectivity index (χ0v) is 22.7. The number of ether oxygens (including phenoxy) is 1. The summed E-state index contributed by atoms with van der Waals surface area (Å²) in [6, 6.07) is 11.4. The largest absolute Gasteiger partial charge is 0.507 e. The summed E-state index contributed by atoms with van der Waals surface area (Å²) >= 11 is 0. The maximum absolute atomic E-state index is 13.1. The second kappa shape index (κ2) is 10.1. The first-order valence-corrected chi connectivity index (χ1v) is 13.1. The summed E-state index contributed by atoms with van der Waals surface area (Å²) < 4.78 is 7.58. The van der Waals surface area contributed by atoms with Gasteiger partial charge in [0.15, 0.2) is 5.82 Å². The number of carbonyl (C=O) groups excluding carboxylic acids is 1. The average molecular weight is 518 g/mol. The predicted octanol–water partition coefficient (Wildman–Crippen LogP) is 4.39. The highest BCUT2D eigenvalue weighted by Gasteiger charge is 2.26. The molecule has 5 rings (SSSR count). The highest BCUT2D eigenvalue weighted by molar-refractivity contribution is 5.93. The Labute approximate surface area is 222 Å². The fraction of sp³-hybridized carbons (Fsp3) is 0.429. The first-order valence-electron chi connectivity index (χ1n) is 13.1. The molecule has 2 unspecified atom stereocenters. The number of nitrogens with one attached hydrogen (secondary N) is 2. The van der Waals surface area contributed by atoms with Crippen molar-refractivity contribution < 1.29 is 14.6 Å². The van der Waals surface area contributed by atoms with Crippen molar-refractivity contribution >= 4 is 22.5 Å². The number of amides is 1. The minimum absolute atomic E-state index is 0.0108. The van der Waals surface area contributed by atoms with Gasteiger partial charge in [0.2, 0.25) is 5.82 Å². The quantitative estimate of drug-likeness (QED) is 0.347. The monoisotopic (exact) mass is 517 g/mol. The van der Waals surface area contributed by atoms with Crippen molar-refractivity contribution in [1.29, 1.82) is 0 Å². The van der Waals surface area contributed by atoms with Gasteiger partial charge < -0.3 is 20.1 Å². The number of nitrogens with zero attached hydrogens (tertiary/aromatic N) is 5. The number of benzene rings is 2. The molecule has 4 aromatic rings. The van der Waals surface area contributed by atoms with Crippen LogP contribution in [0, 0.1) is 0 Å². The molecule has 1 amide bonds. The molecule has 3 heterocycles. The lowest BCUT2D eigenvalue weighted by molar-refractivity contribution is -0.00521. The number of phenolic OH excluding ortho intramolecular Hbond substituents is 1. The summed E-state index contributed by atoms with van der Waals surface area (Å²) in [5.41, 5.74) is 3.88. The van der Waals surface area contributed by atoms with E-state index in [0.29, 0.717) is 22.6 Å². The van der Waals surface area contributed by atoms with Gasteiger partial charge in [0.25, 0.3) is 5.91 Å². The van der Waals surface area contributed by atoms with Crippen molar-refractivity contribution in [2.24, 2.45) is 0 Å². The number of rotatable bonds is 6. The SMILES string of the molecule is CC(C)NC(=O)c1nnc(-c2cc3c(C(C)C)[nH]nc3cc2O)n1-c1ccc(N2CC(C)OC(C)C2)cc1. The number of morpholine rings is 1. The van der Waals surface area contributed by atoms with Crippen molar-refractivity contribution in [1.82, 2.24) is 30.3 Å². The maximum Gasteiger partial charge on any atom is 0.289 e. The minimum atomic E-state index is -0.342. The molecule has 1 aliphatic rings. The van der Waals surface area contributed by atoms with Gasteiger partial charge in [-0.25, -0.2) is 0 Å². The predicted molar refractivity (Wildman–Crippen MR) is 147 cm³/mol. The summed E-state index contributed by atoms with van der Waals surface area (Å²) in [6.45, 7) is 13.7. The van der Waals surface area contributed by atoms with E-state index < -0.39 is 0 Å². The molecule has 0 aliphatic carbocycles. The minimum Gasteiger partial charge on any atom is -0.507 e. The summed E-state index contributed by atoms with van der Waals surface area (Å²) in [5.74, 6) is 0.393. The van der Waals surface area contributed by atoms with E-state index in [1.165, 1.54) is 0 Å². The van der Waals surface area contributed by atoms with Gasteiger partial charge in [0.1, 0.15) is 5.75 Å². The Kier molecular flexibility index (Phi) is 6.83. The van der Waals surface area contributed by atoms with Gasteiger partial charge in [0, 0.05) is 47.7 Å². The average Bonchev–Trinajstić information content (AvgIpc) is 3.47. The van der Waals surface area contributed by atoms with Crippen LogP contribution < -0.4 is 10.2 Å². The molecular formula is C28H35N7O3. The molecule has 10 nitrogen and oxygen atoms in total. The van der Waals surface area contributed by atoms with E-state index in [0.717, 1.165) is 29.9 Å². The van der Waals surface area contributed by atoms with Crippen molar-refractivity contribution in [3.8, 4) is 22.8 Å². The van der Waals surface area contributed by atoms with E-state index in [2.05, 4.69) is 58.3 Å². The van der Waals surface area contributed by atoms with Crippen molar-refractivity contribution in [2.75, 3.05) is 18.0 Å². The Balaban J connectivity index is 1.62. The van der Waals surface area contributed by atoms with Crippen LogP contribution in [0.4, 0.5) is 5.69 Å². The number of hydrogen-bond donors (Lipinski definition) is 3. The molecule has 200 valence electrons. The van der Waals surface area contributed by atoms with E-state index >= 15 is 0 Å². The van der Waals surface area contributed by atoms with Crippen LogP contribution in [-0.2, 0) is 4.74 Å². The van der Waals surface area contributed by atoms with Crippen LogP contribution in [0.5, 0.6) is 5.75 Å². The number of carbonyl (C=O) groups is 1. The van der Waals surface area contributed by atoms with E-state index in [4.69, 9.17) is 4.74 Å². The Bertz CT molecular complexity index is 1450. The zero-order valence-electron chi connectivity index (χ0n) is 22.7. The fourth-order valence-corrected chi connectivity index (χ4v) is 5.06. The molecule has 2 aromatic heterocycles. The summed E-state index contributed by atoms with van der Waals surface area (Å²) in [5, 5.41) is 30.8. The van der Waals surface area contributed by atoms with Crippen LogP contribution in [0.2, 0.25) is 0 Å². The van der Waals surface area contributed by atoms with Gasteiger partial charge in [-0.1, -0.05) is 13.8 Å². The Morgan fingerprint density at radius 3 is 2.34 bits per heavy atom. The molecule has 2 atom stereocenters. The highest BCUT2D eigenvalue weighted by atomic mass is 16.5. The molecule has 10 heteroatoms. The van der Waals surface area contributed by atoms with Crippen molar-refractivity contribution in [2.45, 2.75) is 65.7 Å². The second-order valence-corrected chi connectivity index (χ2v) is 10.7. The number of phenols is 1. The lowest BCUT2D eigenvalue weighted by Gasteiger charge is -2.36. The lowest BCUT2D eigenvalue weighted by atomic mass is 10.0. The van der Waals surface area contributed by atoms with Gasteiger partial charge >= 0.3 is 0 Å². The zero-order chi connectivity index (χ0) is 27.1. The molecule has 0 radical (unpaired) electrons. The van der Waals surface area contributed by atoms with E-state index in [-0.39, 0.29) is 41.6 Å². The van der Waals surface area contributed by atoms with E-state index in [1.807, 2.05) is 44.2 Å². The molecule has 3 N–H and O–H groups in total. The van der Waals surface area contributed by atoms with Crippen molar-refractivity contribution in [3.63, 3.8) is 0 Å². The van der Waals surface area contributed by atoms with Gasteiger partial charge in [-0.2, -0.15) is 5.10 Å². The second-order valence-electron chi connectivity index (χ2n) is 10.7. The molecule has 1 saturated heterocycles. The summed E-state index contributed by atoms with van der Waals surface area (Å²) in [6.07, 6.45) is 0.288. The number of aromatic hydroxyl groups is 1. The van der Waals surface area contributed by atoms with Gasteiger partial charge in [-0.15, -0.1) is 10.2 Å². The molecule has 1 fully saturated rings. The van der Waals surface area contributed by atoms with E-state index in [9.17, 15) is 9.90 Å². The smallest absolute Gasteiger partial charge is 0.289 e. The number of hydrogen-bond acceptors (Lipinski definition) is 7. The van der Waals surface area contributed by atoms with Gasteiger partial charge in [0.05, 0.1) is 23.3 Å². The molecule has 0 bridgehead atoms. The van der Waals surface area contributed by atoms with Crippen LogP contribution in [0.25, 0.3) is 28.0 Å². The van der Waals surface area contributed by atoms with Crippen LogP contribution in [0.1, 0.15) is 63.8 Å². The number of anilines is 1. The third-order valence-corrected chi connectivity index (χ3v) is 6.70. The molecule has 1 aliphatic heterocycles. The van der Waals surface area contributed by atoms with Crippen LogP contribution >= 0.6 is 0 Å². The molecule has 0 spiro atoms. The number of H-pyrrole nitrogens is 1. The highest BCUT2D eigenvalue weighted by Crippen LogP contribution is 2.36. The number of fused-ring (bicyclic) bond motifs is 1. The fourth-order valence-electron chi connectivity index (χ4n) is 5.06. The first kappa shape index (κ1) is 25.7. The lowest BCUT2D eigenvalue weighted by Crippen LogP contribution is -2.45. The molecule has 0 saturated carbocycles. The first-order chi connectivity index (χ1) is 18.1. The normalized spacial score (nSPS) is 18.1. The van der Waals surface area contributed by atoms with Gasteiger partial charge in [-0.05, 0) is 63.9 Å². The van der Waals surface area contributed by atoms with E-state index in [1.54, 1.807) is 10.6 Å². The number of aromatic nitrogens is 5.